The first-order valence-corrected chi connectivity index (χ1v) is 4.64. The van der Waals surface area contributed by atoms with Gasteiger partial charge >= 0.3 is 0 Å². The number of likely N-dealkylation sites (N-methyl/N-ethyl adjacent to an activating group) is 1. The Morgan fingerprint density at radius 1 is 1.47 bits per heavy atom. The summed E-state index contributed by atoms with van der Waals surface area (Å²) >= 11 is 0. The average Bonchev–Trinajstić information content (AvgIpc) is 2.18. The Bertz CT molecular complexity index is 377. The van der Waals surface area contributed by atoms with E-state index < -0.39 is 4.92 Å². The van der Waals surface area contributed by atoms with E-state index in [2.05, 4.69) is 5.32 Å². The molecule has 0 aliphatic heterocycles. The van der Waals surface area contributed by atoms with E-state index >= 15 is 0 Å². The van der Waals surface area contributed by atoms with Crippen LogP contribution in [0, 0.1) is 10.1 Å². The molecule has 1 aromatic carbocycles. The molecular weight excluding hydrogens is 196 g/mol. The summed E-state index contributed by atoms with van der Waals surface area (Å²) in [5.41, 5.74) is 0.428. The van der Waals surface area contributed by atoms with Gasteiger partial charge in [-0.3, -0.25) is 14.9 Å². The predicted molar refractivity (Wildman–Crippen MR) is 55.5 cm³/mol. The number of amides is 1. The van der Waals surface area contributed by atoms with Crippen molar-refractivity contribution in [1.82, 2.24) is 5.32 Å². The number of benzene rings is 1. The summed E-state index contributed by atoms with van der Waals surface area (Å²) in [6.45, 7) is 2.33. The van der Waals surface area contributed by atoms with Gasteiger partial charge < -0.3 is 5.32 Å². The average molecular weight is 208 g/mol. The second kappa shape index (κ2) is 5.09. The number of carbonyl (C=O) groups is 1. The molecule has 15 heavy (non-hydrogen) atoms. The van der Waals surface area contributed by atoms with Gasteiger partial charge in [-0.25, -0.2) is 0 Å². The van der Waals surface area contributed by atoms with E-state index in [0.29, 0.717) is 12.1 Å². The Morgan fingerprint density at radius 3 is 2.73 bits per heavy atom. The second-order valence-corrected chi connectivity index (χ2v) is 3.02. The van der Waals surface area contributed by atoms with Crippen LogP contribution in [0.4, 0.5) is 5.69 Å². The van der Waals surface area contributed by atoms with Gasteiger partial charge in [-0.2, -0.15) is 0 Å². The van der Waals surface area contributed by atoms with Crippen LogP contribution in [0.25, 0.3) is 0 Å². The Balaban J connectivity index is 2.84. The lowest BCUT2D eigenvalue weighted by Gasteiger charge is -2.02. The monoisotopic (exact) mass is 208 g/mol. The zero-order valence-electron chi connectivity index (χ0n) is 8.40. The molecule has 0 fully saturated rings. The molecule has 0 saturated heterocycles. The largest absolute Gasteiger partial charge is 0.356 e. The fourth-order valence-corrected chi connectivity index (χ4v) is 1.27. The highest BCUT2D eigenvalue weighted by molar-refractivity contribution is 5.79. The molecule has 0 aromatic heterocycles. The molecule has 0 aliphatic carbocycles. The Kier molecular flexibility index (Phi) is 3.79. The van der Waals surface area contributed by atoms with Crippen LogP contribution in [0.15, 0.2) is 24.3 Å². The minimum atomic E-state index is -0.478. The summed E-state index contributed by atoms with van der Waals surface area (Å²) in [6, 6.07) is 6.25. The molecular formula is C10H12N2O3. The quantitative estimate of drug-likeness (QED) is 0.598. The molecule has 1 amide bonds. The summed E-state index contributed by atoms with van der Waals surface area (Å²) in [5.74, 6) is -0.202. The molecule has 0 spiro atoms. The van der Waals surface area contributed by atoms with Crippen LogP contribution >= 0.6 is 0 Å². The zero-order valence-corrected chi connectivity index (χ0v) is 8.40. The van der Waals surface area contributed by atoms with E-state index in [-0.39, 0.29) is 18.0 Å². The number of para-hydroxylation sites is 1. The Labute approximate surface area is 87.3 Å². The first kappa shape index (κ1) is 11.2. The minimum Gasteiger partial charge on any atom is -0.356 e. The highest BCUT2D eigenvalue weighted by Gasteiger charge is 2.14. The van der Waals surface area contributed by atoms with E-state index in [1.807, 2.05) is 0 Å². The van der Waals surface area contributed by atoms with Crippen molar-refractivity contribution in [2.45, 2.75) is 13.3 Å². The molecule has 0 heterocycles. The number of hydrogen-bond acceptors (Lipinski definition) is 3. The lowest BCUT2D eigenvalue weighted by molar-refractivity contribution is -0.385. The van der Waals surface area contributed by atoms with Gasteiger partial charge in [-0.05, 0) is 6.92 Å². The van der Waals surface area contributed by atoms with Gasteiger partial charge in [0.15, 0.2) is 0 Å². The standard InChI is InChI=1S/C10H12N2O3/c1-2-11-10(13)7-8-5-3-4-6-9(8)12(14)15/h3-6H,2,7H2,1H3,(H,11,13). The van der Waals surface area contributed by atoms with Crippen molar-refractivity contribution >= 4 is 11.6 Å². The summed E-state index contributed by atoms with van der Waals surface area (Å²) < 4.78 is 0. The van der Waals surface area contributed by atoms with Crippen molar-refractivity contribution in [2.24, 2.45) is 0 Å². The van der Waals surface area contributed by atoms with Gasteiger partial charge in [0, 0.05) is 18.2 Å². The number of nitro benzene ring substituents is 1. The first-order chi connectivity index (χ1) is 7.15. The number of nitrogens with zero attached hydrogens (tertiary/aromatic N) is 1. The Morgan fingerprint density at radius 2 is 2.13 bits per heavy atom. The third-order valence-electron chi connectivity index (χ3n) is 1.91. The lowest BCUT2D eigenvalue weighted by atomic mass is 10.1. The molecule has 1 rings (SSSR count). The van der Waals surface area contributed by atoms with Crippen LogP contribution < -0.4 is 5.32 Å². The van der Waals surface area contributed by atoms with Crippen molar-refractivity contribution in [2.75, 3.05) is 6.54 Å². The van der Waals surface area contributed by atoms with Gasteiger partial charge in [-0.15, -0.1) is 0 Å². The van der Waals surface area contributed by atoms with Gasteiger partial charge in [-0.1, -0.05) is 18.2 Å². The number of hydrogen-bond donors (Lipinski definition) is 1. The van der Waals surface area contributed by atoms with Crippen molar-refractivity contribution < 1.29 is 9.72 Å². The van der Waals surface area contributed by atoms with E-state index in [1.165, 1.54) is 6.07 Å². The third-order valence-corrected chi connectivity index (χ3v) is 1.91. The smallest absolute Gasteiger partial charge is 0.273 e. The molecule has 5 heteroatoms. The number of nitrogens with one attached hydrogen (secondary N) is 1. The van der Waals surface area contributed by atoms with Crippen LogP contribution in [-0.4, -0.2) is 17.4 Å². The molecule has 1 aromatic rings. The van der Waals surface area contributed by atoms with Gasteiger partial charge in [0.2, 0.25) is 5.91 Å². The summed E-state index contributed by atoms with van der Waals surface area (Å²) in [7, 11) is 0. The maximum atomic E-state index is 11.3. The van der Waals surface area contributed by atoms with Crippen LogP contribution in [0.2, 0.25) is 0 Å². The molecule has 0 saturated carbocycles. The van der Waals surface area contributed by atoms with Gasteiger partial charge in [0.05, 0.1) is 11.3 Å². The molecule has 0 radical (unpaired) electrons. The fraction of sp³-hybridized carbons (Fsp3) is 0.300. The number of carbonyl (C=O) groups excluding carboxylic acids is 1. The van der Waals surface area contributed by atoms with Gasteiger partial charge in [0.25, 0.3) is 5.69 Å². The Hall–Kier alpha value is -1.91. The maximum absolute atomic E-state index is 11.3. The zero-order chi connectivity index (χ0) is 11.3. The van der Waals surface area contributed by atoms with Gasteiger partial charge in [0.1, 0.15) is 0 Å². The molecule has 1 N–H and O–H groups in total. The normalized spacial score (nSPS) is 9.67. The summed E-state index contributed by atoms with van der Waals surface area (Å²) in [4.78, 5) is 21.4. The molecule has 0 unspecified atom stereocenters. The topological polar surface area (TPSA) is 72.2 Å². The highest BCUT2D eigenvalue weighted by Crippen LogP contribution is 2.17. The molecule has 0 aliphatic rings. The van der Waals surface area contributed by atoms with E-state index in [1.54, 1.807) is 25.1 Å². The van der Waals surface area contributed by atoms with E-state index in [4.69, 9.17) is 0 Å². The van der Waals surface area contributed by atoms with Crippen LogP contribution in [0.3, 0.4) is 0 Å². The second-order valence-electron chi connectivity index (χ2n) is 3.02. The SMILES string of the molecule is CCNC(=O)Cc1ccccc1[N+](=O)[O-]. The fourth-order valence-electron chi connectivity index (χ4n) is 1.27. The maximum Gasteiger partial charge on any atom is 0.273 e. The van der Waals surface area contributed by atoms with Crippen molar-refractivity contribution in [3.05, 3.63) is 39.9 Å². The summed E-state index contributed by atoms with van der Waals surface area (Å²) in [5, 5.41) is 13.2. The van der Waals surface area contributed by atoms with Crippen molar-refractivity contribution in [3.63, 3.8) is 0 Å². The van der Waals surface area contributed by atoms with Crippen LogP contribution in [0.1, 0.15) is 12.5 Å². The van der Waals surface area contributed by atoms with Crippen LogP contribution in [-0.2, 0) is 11.2 Å². The van der Waals surface area contributed by atoms with E-state index in [9.17, 15) is 14.9 Å². The molecule has 5 nitrogen and oxygen atoms in total. The lowest BCUT2D eigenvalue weighted by Crippen LogP contribution is -2.24. The minimum absolute atomic E-state index is 0.0104. The van der Waals surface area contributed by atoms with Crippen molar-refractivity contribution in [3.8, 4) is 0 Å². The predicted octanol–water partition coefficient (Wildman–Crippen LogP) is 1.27. The molecule has 0 bridgehead atoms. The third kappa shape index (κ3) is 3.05. The molecule has 80 valence electrons. The number of rotatable bonds is 4. The molecule has 0 atom stereocenters. The van der Waals surface area contributed by atoms with E-state index in [0.717, 1.165) is 0 Å². The first-order valence-electron chi connectivity index (χ1n) is 4.64. The summed E-state index contributed by atoms with van der Waals surface area (Å²) in [6.07, 6.45) is 0.0466. The van der Waals surface area contributed by atoms with Crippen LogP contribution in [0.5, 0.6) is 0 Å². The number of nitro groups is 1. The highest BCUT2D eigenvalue weighted by atomic mass is 16.6. The van der Waals surface area contributed by atoms with Crippen molar-refractivity contribution in [1.29, 1.82) is 0 Å².